The molecule has 0 saturated heterocycles. The van der Waals surface area contributed by atoms with Gasteiger partial charge < -0.3 is 0 Å². The highest BCUT2D eigenvalue weighted by atomic mass is 32.2. The lowest BCUT2D eigenvalue weighted by Crippen LogP contribution is -1.94. The molecule has 0 N–H and O–H groups in total. The Balaban J connectivity index is 2.51. The molecule has 0 aromatic rings. The van der Waals surface area contributed by atoms with E-state index < -0.39 is 0 Å². The summed E-state index contributed by atoms with van der Waals surface area (Å²) in [4.78, 5) is 3.90. The van der Waals surface area contributed by atoms with Crippen LogP contribution in [-0.2, 0) is 0 Å². The van der Waals surface area contributed by atoms with Gasteiger partial charge in [0.25, 0.3) is 0 Å². The Morgan fingerprint density at radius 3 is 3.00 bits per heavy atom. The van der Waals surface area contributed by atoms with Crippen molar-refractivity contribution in [2.45, 2.75) is 6.42 Å². The first-order valence-electron chi connectivity index (χ1n) is 2.09. The summed E-state index contributed by atoms with van der Waals surface area (Å²) >= 11 is 6.42. The van der Waals surface area contributed by atoms with Crippen LogP contribution in [0.1, 0.15) is 6.42 Å². The summed E-state index contributed by atoms with van der Waals surface area (Å²) in [5.74, 6) is 1.11. The topological polar surface area (TPSA) is 12.4 Å². The monoisotopic (exact) mass is 131 g/mol. The number of rotatable bonds is 0. The van der Waals surface area contributed by atoms with Gasteiger partial charge in [0.15, 0.2) is 4.32 Å². The zero-order valence-corrected chi connectivity index (χ0v) is 5.39. The van der Waals surface area contributed by atoms with Gasteiger partial charge in [-0.2, -0.15) is 0 Å². The molecule has 1 rings (SSSR count). The largest absolute Gasteiger partial charge is 0.243 e. The Hall–Kier alpha value is 0.110. The van der Waals surface area contributed by atoms with E-state index in [0.717, 1.165) is 16.5 Å². The third kappa shape index (κ3) is 1.57. The fourth-order valence-corrected chi connectivity index (χ4v) is 1.25. The first-order valence-corrected chi connectivity index (χ1v) is 3.48. The number of hydrogen-bond donors (Lipinski definition) is 0. The molecule has 0 bridgehead atoms. The van der Waals surface area contributed by atoms with Gasteiger partial charge in [0, 0.05) is 12.0 Å². The Labute approximate surface area is 52.2 Å². The fourth-order valence-electron chi connectivity index (χ4n) is 0.375. The predicted molar refractivity (Wildman–Crippen MR) is 38.2 cm³/mol. The van der Waals surface area contributed by atoms with Crippen LogP contribution in [0.2, 0.25) is 0 Å². The minimum absolute atomic E-state index is 0.784. The summed E-state index contributed by atoms with van der Waals surface area (Å²) in [6.07, 6.45) is 2.95. The average Bonchev–Trinajstić information content (AvgIpc) is 1.69. The predicted octanol–water partition coefficient (Wildman–Crippen LogP) is 1.48. The van der Waals surface area contributed by atoms with E-state index in [-0.39, 0.29) is 0 Å². The summed E-state index contributed by atoms with van der Waals surface area (Å²) in [5.41, 5.74) is 0. The van der Waals surface area contributed by atoms with Crippen LogP contribution in [-0.4, -0.2) is 16.3 Å². The van der Waals surface area contributed by atoms with Gasteiger partial charge in [0.05, 0.1) is 0 Å². The van der Waals surface area contributed by atoms with Crippen LogP contribution in [0.4, 0.5) is 0 Å². The number of thioether (sulfide) groups is 1. The molecule has 0 amide bonds. The molecule has 0 aromatic carbocycles. The van der Waals surface area contributed by atoms with Gasteiger partial charge in [-0.1, -0.05) is 24.0 Å². The molecule has 0 radical (unpaired) electrons. The summed E-state index contributed by atoms with van der Waals surface area (Å²) < 4.78 is 0.784. The van der Waals surface area contributed by atoms with Crippen molar-refractivity contribution < 1.29 is 0 Å². The maximum absolute atomic E-state index is 4.77. The van der Waals surface area contributed by atoms with Crippen molar-refractivity contribution in [1.82, 2.24) is 0 Å². The van der Waals surface area contributed by atoms with E-state index in [9.17, 15) is 0 Å². The number of nitrogens with zero attached hydrogens (tertiary/aromatic N) is 1. The number of thiocarbonyl (C=S) groups is 1. The van der Waals surface area contributed by atoms with Gasteiger partial charge in [0.1, 0.15) is 0 Å². The molecule has 1 aliphatic rings. The number of aliphatic imine (C=N–C) groups is 1. The van der Waals surface area contributed by atoms with Crippen LogP contribution in [0.25, 0.3) is 0 Å². The Morgan fingerprint density at radius 2 is 2.71 bits per heavy atom. The van der Waals surface area contributed by atoms with E-state index in [1.54, 1.807) is 11.8 Å². The molecule has 0 spiro atoms. The second-order valence-corrected chi connectivity index (χ2v) is 2.94. The summed E-state index contributed by atoms with van der Waals surface area (Å²) in [6.45, 7) is 0. The zero-order valence-electron chi connectivity index (χ0n) is 3.76. The minimum atomic E-state index is 0.784. The highest BCUT2D eigenvalue weighted by molar-refractivity contribution is 8.23. The molecule has 0 atom stereocenters. The van der Waals surface area contributed by atoms with Crippen LogP contribution in [0.15, 0.2) is 4.99 Å². The zero-order chi connectivity index (χ0) is 5.11. The van der Waals surface area contributed by atoms with E-state index >= 15 is 0 Å². The molecule has 1 nitrogen and oxygen atoms in total. The van der Waals surface area contributed by atoms with Crippen molar-refractivity contribution in [2.24, 2.45) is 4.99 Å². The fraction of sp³-hybridized carbons (Fsp3) is 0.500. The lowest BCUT2D eigenvalue weighted by molar-refractivity contribution is 1.34. The van der Waals surface area contributed by atoms with Crippen molar-refractivity contribution >= 4 is 34.5 Å². The van der Waals surface area contributed by atoms with Crippen molar-refractivity contribution in [2.75, 3.05) is 5.75 Å². The Kier molecular flexibility index (Phi) is 1.82. The average molecular weight is 131 g/mol. The van der Waals surface area contributed by atoms with E-state index in [1.807, 2.05) is 6.21 Å². The van der Waals surface area contributed by atoms with E-state index in [2.05, 4.69) is 4.99 Å². The van der Waals surface area contributed by atoms with Crippen LogP contribution in [0, 0.1) is 0 Å². The standard InChI is InChI=1S/C4H5NS2/c6-4-5-2-1-3-7-4/h2H,1,3H2. The van der Waals surface area contributed by atoms with Crippen molar-refractivity contribution in [3.8, 4) is 0 Å². The second kappa shape index (κ2) is 2.43. The lowest BCUT2D eigenvalue weighted by Gasteiger charge is -1.99. The molecule has 7 heavy (non-hydrogen) atoms. The Morgan fingerprint density at radius 1 is 1.86 bits per heavy atom. The maximum Gasteiger partial charge on any atom is 0.159 e. The van der Waals surface area contributed by atoms with Crippen LogP contribution >= 0.6 is 24.0 Å². The number of hydrogen-bond acceptors (Lipinski definition) is 2. The normalized spacial score (nSPS) is 20.3. The summed E-state index contributed by atoms with van der Waals surface area (Å²) in [6, 6.07) is 0. The molecule has 0 fully saturated rings. The van der Waals surface area contributed by atoms with E-state index in [4.69, 9.17) is 12.2 Å². The van der Waals surface area contributed by atoms with Gasteiger partial charge in [-0.3, -0.25) is 0 Å². The highest BCUT2D eigenvalue weighted by Crippen LogP contribution is 2.09. The first kappa shape index (κ1) is 5.25. The van der Waals surface area contributed by atoms with Crippen molar-refractivity contribution in [3.05, 3.63) is 0 Å². The van der Waals surface area contributed by atoms with Crippen LogP contribution in [0.5, 0.6) is 0 Å². The van der Waals surface area contributed by atoms with Gasteiger partial charge >= 0.3 is 0 Å². The van der Waals surface area contributed by atoms with Crippen molar-refractivity contribution in [3.63, 3.8) is 0 Å². The maximum atomic E-state index is 4.77. The molecule has 38 valence electrons. The third-order valence-electron chi connectivity index (χ3n) is 0.669. The third-order valence-corrected chi connectivity index (χ3v) is 1.92. The molecular weight excluding hydrogens is 126 g/mol. The van der Waals surface area contributed by atoms with Gasteiger partial charge in [0.2, 0.25) is 0 Å². The lowest BCUT2D eigenvalue weighted by atomic mass is 10.5. The molecule has 0 aromatic heterocycles. The second-order valence-electron chi connectivity index (χ2n) is 1.21. The molecular formula is C4H5NS2. The molecule has 1 aliphatic heterocycles. The highest BCUT2D eigenvalue weighted by Gasteiger charge is 1.96. The van der Waals surface area contributed by atoms with Crippen LogP contribution in [0.3, 0.4) is 0 Å². The van der Waals surface area contributed by atoms with Gasteiger partial charge in [-0.25, -0.2) is 4.99 Å². The first-order chi connectivity index (χ1) is 3.39. The molecule has 0 aliphatic carbocycles. The van der Waals surface area contributed by atoms with Gasteiger partial charge in [-0.15, -0.1) is 0 Å². The minimum Gasteiger partial charge on any atom is -0.243 e. The smallest absolute Gasteiger partial charge is 0.159 e. The Bertz CT molecular complexity index is 108. The van der Waals surface area contributed by atoms with E-state index in [1.165, 1.54) is 0 Å². The summed E-state index contributed by atoms with van der Waals surface area (Å²) in [7, 11) is 0. The quantitative estimate of drug-likeness (QED) is 0.462. The summed E-state index contributed by atoms with van der Waals surface area (Å²) in [5, 5.41) is 0. The molecule has 3 heteroatoms. The van der Waals surface area contributed by atoms with E-state index in [0.29, 0.717) is 0 Å². The van der Waals surface area contributed by atoms with Crippen LogP contribution < -0.4 is 0 Å². The van der Waals surface area contributed by atoms with Gasteiger partial charge in [-0.05, 0) is 6.42 Å². The molecule has 0 unspecified atom stereocenters. The molecule has 0 saturated carbocycles. The molecule has 1 heterocycles. The van der Waals surface area contributed by atoms with Crippen molar-refractivity contribution in [1.29, 1.82) is 0 Å². The SMILES string of the molecule is S=C1N=CCCS1.